The molecular weight excluding hydrogens is 220 g/mol. The fourth-order valence-electron chi connectivity index (χ4n) is 1.19. The maximum absolute atomic E-state index is 10.7. The van der Waals surface area contributed by atoms with Crippen LogP contribution in [0.4, 0.5) is 0 Å². The van der Waals surface area contributed by atoms with Gasteiger partial charge < -0.3 is 20.4 Å². The Morgan fingerprint density at radius 3 is 1.88 bits per heavy atom. The van der Waals surface area contributed by atoms with Crippen molar-refractivity contribution in [3.05, 3.63) is 6.92 Å². The van der Waals surface area contributed by atoms with E-state index < -0.39 is 48.7 Å². The summed E-state index contributed by atoms with van der Waals surface area (Å²) in [6, 6.07) is 0. The molecule has 0 spiro atoms. The zero-order valence-corrected chi connectivity index (χ0v) is 8.37. The molecule has 7 nitrogen and oxygen atoms in total. The second-order valence-corrected chi connectivity index (χ2v) is 3.38. The smallest absolute Gasteiger partial charge is 0.307 e. The molecule has 0 saturated carbocycles. The van der Waals surface area contributed by atoms with Crippen molar-refractivity contribution in [3.8, 4) is 0 Å². The van der Waals surface area contributed by atoms with Crippen molar-refractivity contribution in [2.24, 2.45) is 11.8 Å². The van der Waals surface area contributed by atoms with E-state index in [1.165, 1.54) is 0 Å². The number of hydrogen-bond donors (Lipinski definition) is 4. The van der Waals surface area contributed by atoms with Gasteiger partial charge in [0, 0.05) is 0 Å². The molecule has 0 aliphatic rings. The van der Waals surface area contributed by atoms with Gasteiger partial charge in [-0.3, -0.25) is 14.4 Å². The molecular formula is C9H13O7. The van der Waals surface area contributed by atoms with E-state index in [1.54, 1.807) is 0 Å². The molecule has 0 saturated heterocycles. The monoisotopic (exact) mass is 233 g/mol. The van der Waals surface area contributed by atoms with Crippen LogP contribution in [-0.2, 0) is 14.4 Å². The van der Waals surface area contributed by atoms with E-state index in [0.717, 1.165) is 0 Å². The highest BCUT2D eigenvalue weighted by Crippen LogP contribution is 2.19. The van der Waals surface area contributed by atoms with Crippen molar-refractivity contribution in [2.45, 2.75) is 18.9 Å². The molecule has 0 aliphatic carbocycles. The first kappa shape index (κ1) is 14.4. The molecule has 0 bridgehead atoms. The molecule has 3 atom stereocenters. The van der Waals surface area contributed by atoms with E-state index in [1.807, 2.05) is 0 Å². The maximum Gasteiger partial charge on any atom is 0.307 e. The molecule has 0 amide bonds. The van der Waals surface area contributed by atoms with Gasteiger partial charge in [0.25, 0.3) is 0 Å². The van der Waals surface area contributed by atoms with Gasteiger partial charge in [0.1, 0.15) is 0 Å². The number of rotatable bonds is 7. The highest BCUT2D eigenvalue weighted by molar-refractivity contribution is 5.80. The van der Waals surface area contributed by atoms with Crippen molar-refractivity contribution < 1.29 is 34.8 Å². The van der Waals surface area contributed by atoms with Crippen LogP contribution in [0.1, 0.15) is 12.8 Å². The van der Waals surface area contributed by atoms with E-state index in [9.17, 15) is 19.5 Å². The largest absolute Gasteiger partial charge is 0.481 e. The Bertz CT molecular complexity index is 286. The lowest BCUT2D eigenvalue weighted by atomic mass is 9.88. The highest BCUT2D eigenvalue weighted by Gasteiger charge is 2.32. The fourth-order valence-corrected chi connectivity index (χ4v) is 1.19. The average Bonchev–Trinajstić information content (AvgIpc) is 2.11. The zero-order valence-electron chi connectivity index (χ0n) is 8.37. The summed E-state index contributed by atoms with van der Waals surface area (Å²) in [6.45, 7) is 3.15. The minimum atomic E-state index is -1.43. The van der Waals surface area contributed by atoms with Gasteiger partial charge in [0.15, 0.2) is 0 Å². The second-order valence-electron chi connectivity index (χ2n) is 3.38. The maximum atomic E-state index is 10.7. The van der Waals surface area contributed by atoms with Crippen LogP contribution in [0.25, 0.3) is 0 Å². The van der Waals surface area contributed by atoms with E-state index in [-0.39, 0.29) is 0 Å². The third kappa shape index (κ3) is 4.74. The molecule has 0 rings (SSSR count). The van der Waals surface area contributed by atoms with Crippen LogP contribution in [0.5, 0.6) is 0 Å². The summed E-state index contributed by atoms with van der Waals surface area (Å²) in [5, 5.41) is 34.8. The Balaban J connectivity index is 4.51. The van der Waals surface area contributed by atoms with Crippen molar-refractivity contribution in [2.75, 3.05) is 0 Å². The third-order valence-corrected chi connectivity index (χ3v) is 2.06. The molecule has 0 fully saturated rings. The molecule has 0 aromatic heterocycles. The standard InChI is InChI=1S/C9H13O7/c1-4(8(13)14)6(9(15)16)2-5(10)3-7(11)12/h4-6,10H,1-3H2,(H,11,12)(H,13,14)(H,15,16). The number of aliphatic hydroxyl groups is 1. The lowest BCUT2D eigenvalue weighted by Gasteiger charge is -2.18. The predicted octanol–water partition coefficient (Wildman–Crippen LogP) is -0.552. The number of aliphatic carboxylic acids is 3. The van der Waals surface area contributed by atoms with Crippen molar-refractivity contribution >= 4 is 17.9 Å². The number of carboxylic acid groups (broad SMARTS) is 3. The minimum absolute atomic E-state index is 0.456. The molecule has 7 heteroatoms. The van der Waals surface area contributed by atoms with Crippen LogP contribution >= 0.6 is 0 Å². The SMILES string of the molecule is [CH2]C(C(=O)O)C(CC(O)CC(=O)O)C(=O)O. The normalized spacial score (nSPS) is 16.1. The number of aliphatic hydroxyl groups excluding tert-OH is 1. The lowest BCUT2D eigenvalue weighted by Crippen LogP contribution is -2.31. The van der Waals surface area contributed by atoms with Crippen molar-refractivity contribution in [1.29, 1.82) is 0 Å². The van der Waals surface area contributed by atoms with Crippen LogP contribution in [0.15, 0.2) is 0 Å². The Labute approximate surface area is 91.3 Å². The number of carbonyl (C=O) groups is 3. The van der Waals surface area contributed by atoms with Crippen LogP contribution in [0, 0.1) is 18.8 Å². The molecule has 0 heterocycles. The van der Waals surface area contributed by atoms with Crippen LogP contribution in [0.3, 0.4) is 0 Å². The average molecular weight is 233 g/mol. The predicted molar refractivity (Wildman–Crippen MR) is 50.5 cm³/mol. The first-order valence-electron chi connectivity index (χ1n) is 4.44. The number of carboxylic acids is 3. The van der Waals surface area contributed by atoms with Crippen LogP contribution in [-0.4, -0.2) is 44.4 Å². The van der Waals surface area contributed by atoms with Crippen molar-refractivity contribution in [1.82, 2.24) is 0 Å². The zero-order chi connectivity index (χ0) is 12.9. The summed E-state index contributed by atoms with van der Waals surface area (Å²) in [4.78, 5) is 31.5. The van der Waals surface area contributed by atoms with Gasteiger partial charge in [-0.2, -0.15) is 0 Å². The van der Waals surface area contributed by atoms with Gasteiger partial charge in [-0.05, 0) is 13.3 Å². The summed E-state index contributed by atoms with van der Waals surface area (Å²) < 4.78 is 0. The van der Waals surface area contributed by atoms with Gasteiger partial charge in [-0.1, -0.05) is 0 Å². The Kier molecular flexibility index (Phi) is 5.44. The summed E-state index contributed by atoms with van der Waals surface area (Å²) in [6.07, 6.45) is -2.49. The third-order valence-electron chi connectivity index (χ3n) is 2.06. The van der Waals surface area contributed by atoms with E-state index in [0.29, 0.717) is 0 Å². The molecule has 1 radical (unpaired) electrons. The van der Waals surface area contributed by atoms with E-state index >= 15 is 0 Å². The molecule has 16 heavy (non-hydrogen) atoms. The van der Waals surface area contributed by atoms with Gasteiger partial charge in [0.2, 0.25) is 0 Å². The van der Waals surface area contributed by atoms with Gasteiger partial charge in [0.05, 0.1) is 24.4 Å². The van der Waals surface area contributed by atoms with E-state index in [2.05, 4.69) is 6.92 Å². The Morgan fingerprint density at radius 2 is 1.56 bits per heavy atom. The Hall–Kier alpha value is -1.63. The molecule has 4 N–H and O–H groups in total. The summed E-state index contributed by atoms with van der Waals surface area (Å²) >= 11 is 0. The second kappa shape index (κ2) is 6.06. The first-order valence-corrected chi connectivity index (χ1v) is 4.44. The molecule has 0 aliphatic heterocycles. The quantitative estimate of drug-likeness (QED) is 0.463. The molecule has 0 aromatic carbocycles. The van der Waals surface area contributed by atoms with E-state index in [4.69, 9.17) is 15.3 Å². The molecule has 3 unspecified atom stereocenters. The van der Waals surface area contributed by atoms with Crippen LogP contribution in [0.2, 0.25) is 0 Å². The topological polar surface area (TPSA) is 132 Å². The Morgan fingerprint density at radius 1 is 1.06 bits per heavy atom. The lowest BCUT2D eigenvalue weighted by molar-refractivity contribution is -0.153. The summed E-state index contributed by atoms with van der Waals surface area (Å²) in [7, 11) is 0. The molecule has 91 valence electrons. The van der Waals surface area contributed by atoms with Crippen molar-refractivity contribution in [3.63, 3.8) is 0 Å². The minimum Gasteiger partial charge on any atom is -0.481 e. The summed E-state index contributed by atoms with van der Waals surface area (Å²) in [5.74, 6) is -6.96. The van der Waals surface area contributed by atoms with Crippen LogP contribution < -0.4 is 0 Å². The van der Waals surface area contributed by atoms with Gasteiger partial charge in [-0.25, -0.2) is 0 Å². The number of hydrogen-bond acceptors (Lipinski definition) is 4. The van der Waals surface area contributed by atoms with Gasteiger partial charge in [-0.15, -0.1) is 0 Å². The summed E-state index contributed by atoms with van der Waals surface area (Å²) in [5.41, 5.74) is 0. The first-order chi connectivity index (χ1) is 7.25. The fraction of sp³-hybridized carbons (Fsp3) is 0.556. The highest BCUT2D eigenvalue weighted by atomic mass is 16.4. The van der Waals surface area contributed by atoms with Gasteiger partial charge >= 0.3 is 17.9 Å². The molecule has 0 aromatic rings.